The monoisotopic (exact) mass is 298 g/mol. The maximum Gasteiger partial charge on any atom is 0.336 e. The second-order valence-electron chi connectivity index (χ2n) is 5.15. The number of carbonyl (C=O) groups excluding carboxylic acids is 2. The maximum atomic E-state index is 12.7. The van der Waals surface area contributed by atoms with Crippen LogP contribution in [0.25, 0.3) is 0 Å². The normalized spacial score (nSPS) is 20.0. The Bertz CT molecular complexity index is 774. The summed E-state index contributed by atoms with van der Waals surface area (Å²) in [6.45, 7) is 0. The fraction of sp³-hybridized carbons (Fsp3) is 0.125. The molecule has 104 valence electrons. The predicted molar refractivity (Wildman–Crippen MR) is 80.7 cm³/mol. The van der Waals surface area contributed by atoms with Gasteiger partial charge in [0, 0.05) is 17.1 Å². The van der Waals surface area contributed by atoms with E-state index < -0.39 is 6.04 Å². The van der Waals surface area contributed by atoms with Gasteiger partial charge in [0.25, 0.3) is 5.91 Å². The van der Waals surface area contributed by atoms with Gasteiger partial charge < -0.3 is 0 Å². The van der Waals surface area contributed by atoms with Crippen molar-refractivity contribution in [2.45, 2.75) is 12.5 Å². The molecule has 1 fully saturated rings. The number of amides is 3. The molecule has 21 heavy (non-hydrogen) atoms. The summed E-state index contributed by atoms with van der Waals surface area (Å²) >= 11 is 5.96. The fourth-order valence-electron chi connectivity index (χ4n) is 3.02. The van der Waals surface area contributed by atoms with E-state index in [-0.39, 0.29) is 11.9 Å². The van der Waals surface area contributed by atoms with Crippen LogP contribution in [0.3, 0.4) is 0 Å². The van der Waals surface area contributed by atoms with Crippen molar-refractivity contribution < 1.29 is 9.59 Å². The van der Waals surface area contributed by atoms with Crippen molar-refractivity contribution in [2.75, 3.05) is 9.80 Å². The predicted octanol–water partition coefficient (Wildman–Crippen LogP) is 3.24. The van der Waals surface area contributed by atoms with Crippen LogP contribution in [-0.2, 0) is 11.2 Å². The number of imide groups is 1. The molecule has 0 saturated carbocycles. The summed E-state index contributed by atoms with van der Waals surface area (Å²) in [4.78, 5) is 28.1. The second kappa shape index (κ2) is 4.33. The van der Waals surface area contributed by atoms with Gasteiger partial charge in [0.1, 0.15) is 6.04 Å². The third kappa shape index (κ3) is 1.69. The van der Waals surface area contributed by atoms with Crippen molar-refractivity contribution in [2.24, 2.45) is 0 Å². The first-order valence-corrected chi connectivity index (χ1v) is 7.05. The standard InChI is InChI=1S/C16H11ClN2O2/c17-11-5-3-6-12(9-11)18-15(20)14-8-10-4-1-2-7-13(10)19(14)16(18)21/h1-7,9,14H,8H2. The van der Waals surface area contributed by atoms with Crippen LogP contribution < -0.4 is 9.80 Å². The highest BCUT2D eigenvalue weighted by Crippen LogP contribution is 2.39. The Morgan fingerprint density at radius 2 is 1.86 bits per heavy atom. The van der Waals surface area contributed by atoms with Gasteiger partial charge in [-0.15, -0.1) is 0 Å². The Morgan fingerprint density at radius 3 is 2.67 bits per heavy atom. The van der Waals surface area contributed by atoms with Gasteiger partial charge in [0.2, 0.25) is 0 Å². The van der Waals surface area contributed by atoms with E-state index in [1.165, 1.54) is 4.90 Å². The number of carbonyl (C=O) groups is 2. The number of para-hydroxylation sites is 1. The highest BCUT2D eigenvalue weighted by Gasteiger charge is 2.50. The van der Waals surface area contributed by atoms with Crippen LogP contribution in [0, 0.1) is 0 Å². The van der Waals surface area contributed by atoms with Crippen molar-refractivity contribution in [1.82, 2.24) is 0 Å². The highest BCUT2D eigenvalue weighted by atomic mass is 35.5. The first-order valence-electron chi connectivity index (χ1n) is 6.67. The van der Waals surface area contributed by atoms with Gasteiger partial charge in [-0.25, -0.2) is 9.69 Å². The van der Waals surface area contributed by atoms with Gasteiger partial charge in [-0.05, 0) is 29.8 Å². The van der Waals surface area contributed by atoms with Gasteiger partial charge in [-0.1, -0.05) is 35.9 Å². The second-order valence-corrected chi connectivity index (χ2v) is 5.59. The molecule has 4 nitrogen and oxygen atoms in total. The number of rotatable bonds is 1. The number of urea groups is 1. The third-order valence-electron chi connectivity index (χ3n) is 3.95. The average molecular weight is 299 g/mol. The van der Waals surface area contributed by atoms with Gasteiger partial charge in [-0.2, -0.15) is 0 Å². The molecule has 0 bridgehead atoms. The molecule has 3 amide bonds. The molecule has 2 aromatic rings. The molecule has 5 heteroatoms. The zero-order valence-electron chi connectivity index (χ0n) is 11.0. The van der Waals surface area contributed by atoms with E-state index in [1.54, 1.807) is 29.2 Å². The lowest BCUT2D eigenvalue weighted by molar-refractivity contribution is -0.117. The molecular weight excluding hydrogens is 288 g/mol. The van der Waals surface area contributed by atoms with Crippen LogP contribution in [0.4, 0.5) is 16.2 Å². The van der Waals surface area contributed by atoms with Crippen LogP contribution in [0.15, 0.2) is 48.5 Å². The number of hydrogen-bond donors (Lipinski definition) is 0. The van der Waals surface area contributed by atoms with Crippen LogP contribution in [0.2, 0.25) is 5.02 Å². The first kappa shape index (κ1) is 12.4. The van der Waals surface area contributed by atoms with Crippen molar-refractivity contribution in [1.29, 1.82) is 0 Å². The van der Waals surface area contributed by atoms with E-state index in [1.807, 2.05) is 24.3 Å². The van der Waals surface area contributed by atoms with Crippen LogP contribution in [-0.4, -0.2) is 18.0 Å². The summed E-state index contributed by atoms with van der Waals surface area (Å²) in [6.07, 6.45) is 0.567. The van der Waals surface area contributed by atoms with Crippen LogP contribution >= 0.6 is 11.6 Å². The zero-order valence-corrected chi connectivity index (χ0v) is 11.7. The maximum absolute atomic E-state index is 12.7. The largest absolute Gasteiger partial charge is 0.336 e. The molecule has 1 unspecified atom stereocenters. The Balaban J connectivity index is 1.79. The first-order chi connectivity index (χ1) is 10.2. The molecule has 0 aromatic heterocycles. The summed E-state index contributed by atoms with van der Waals surface area (Å²) in [5, 5.41) is 0.501. The van der Waals surface area contributed by atoms with E-state index >= 15 is 0 Å². The SMILES string of the molecule is O=C1C2Cc3ccccc3N2C(=O)N1c1cccc(Cl)c1. The van der Waals surface area contributed by atoms with E-state index in [2.05, 4.69) is 0 Å². The van der Waals surface area contributed by atoms with E-state index in [0.717, 1.165) is 11.3 Å². The Kier molecular flexibility index (Phi) is 2.56. The zero-order chi connectivity index (χ0) is 14.6. The number of halogens is 1. The van der Waals surface area contributed by atoms with Crippen molar-refractivity contribution in [3.8, 4) is 0 Å². The number of anilines is 2. The van der Waals surface area contributed by atoms with Crippen LogP contribution in [0.1, 0.15) is 5.56 Å². The molecule has 2 aliphatic rings. The van der Waals surface area contributed by atoms with Gasteiger partial charge in [0.05, 0.1) is 5.69 Å². The Labute approximate surface area is 126 Å². The Hall–Kier alpha value is -2.33. The summed E-state index contributed by atoms with van der Waals surface area (Å²) in [6, 6.07) is 13.7. The van der Waals surface area contributed by atoms with Gasteiger partial charge in [0.15, 0.2) is 0 Å². The topological polar surface area (TPSA) is 40.6 Å². The van der Waals surface area contributed by atoms with Crippen molar-refractivity contribution in [3.05, 3.63) is 59.1 Å². The van der Waals surface area contributed by atoms with Gasteiger partial charge in [-0.3, -0.25) is 9.69 Å². The molecule has 2 aromatic carbocycles. The lowest BCUT2D eigenvalue weighted by atomic mass is 10.1. The average Bonchev–Trinajstić information content (AvgIpc) is 2.96. The van der Waals surface area contributed by atoms with Crippen LogP contribution in [0.5, 0.6) is 0 Å². The number of fused-ring (bicyclic) bond motifs is 3. The van der Waals surface area contributed by atoms with Gasteiger partial charge >= 0.3 is 6.03 Å². The summed E-state index contributed by atoms with van der Waals surface area (Å²) in [5.74, 6) is -0.196. The van der Waals surface area contributed by atoms with E-state index in [9.17, 15) is 9.59 Å². The molecule has 2 aliphatic heterocycles. The molecular formula is C16H11ClN2O2. The fourth-order valence-corrected chi connectivity index (χ4v) is 3.21. The molecule has 1 atom stereocenters. The molecule has 0 N–H and O–H groups in total. The van der Waals surface area contributed by atoms with E-state index in [4.69, 9.17) is 11.6 Å². The lowest BCUT2D eigenvalue weighted by Crippen LogP contribution is -2.32. The molecule has 0 radical (unpaired) electrons. The summed E-state index contributed by atoms with van der Waals surface area (Å²) in [7, 11) is 0. The molecule has 0 aliphatic carbocycles. The third-order valence-corrected chi connectivity index (χ3v) is 4.18. The lowest BCUT2D eigenvalue weighted by Gasteiger charge is -2.17. The van der Waals surface area contributed by atoms with Crippen molar-refractivity contribution >= 4 is 34.9 Å². The van der Waals surface area contributed by atoms with E-state index in [0.29, 0.717) is 17.1 Å². The smallest absolute Gasteiger partial charge is 0.281 e. The minimum absolute atomic E-state index is 0.196. The molecule has 1 saturated heterocycles. The number of hydrogen-bond acceptors (Lipinski definition) is 2. The highest BCUT2D eigenvalue weighted by molar-refractivity contribution is 6.32. The summed E-state index contributed by atoms with van der Waals surface area (Å²) in [5.41, 5.74) is 2.38. The number of benzene rings is 2. The molecule has 4 rings (SSSR count). The molecule has 2 heterocycles. The molecule has 0 spiro atoms. The summed E-state index contributed by atoms with van der Waals surface area (Å²) < 4.78 is 0. The minimum Gasteiger partial charge on any atom is -0.281 e. The Morgan fingerprint density at radius 1 is 1.05 bits per heavy atom. The number of nitrogens with zero attached hydrogens (tertiary/aromatic N) is 2. The van der Waals surface area contributed by atoms with Crippen molar-refractivity contribution in [3.63, 3.8) is 0 Å². The quantitative estimate of drug-likeness (QED) is 0.758. The minimum atomic E-state index is -0.436.